The Kier molecular flexibility index (Phi) is 4.34. The summed E-state index contributed by atoms with van der Waals surface area (Å²) >= 11 is 3.34. The summed E-state index contributed by atoms with van der Waals surface area (Å²) in [6.45, 7) is 2.83. The highest BCUT2D eigenvalue weighted by Gasteiger charge is 2.25. The third-order valence-corrected chi connectivity index (χ3v) is 3.51. The molecule has 4 nitrogen and oxygen atoms in total. The maximum absolute atomic E-state index is 9.54. The number of aliphatic hydroxyl groups excluding tert-OH is 1. The van der Waals surface area contributed by atoms with Gasteiger partial charge in [-0.1, -0.05) is 0 Å². The van der Waals surface area contributed by atoms with Gasteiger partial charge in [-0.3, -0.25) is 0 Å². The van der Waals surface area contributed by atoms with Crippen LogP contribution < -0.4 is 4.90 Å². The Hall–Kier alpha value is -0.680. The Morgan fingerprint density at radius 3 is 2.82 bits per heavy atom. The lowest BCUT2D eigenvalue weighted by Crippen LogP contribution is -2.42. The van der Waals surface area contributed by atoms with E-state index in [1.165, 1.54) is 12.8 Å². The number of nitrogens with zero attached hydrogens (tertiary/aromatic N) is 3. The number of aromatic nitrogens is 2. The summed E-state index contributed by atoms with van der Waals surface area (Å²) in [5, 5.41) is 9.54. The van der Waals surface area contributed by atoms with Crippen LogP contribution in [0.4, 0.5) is 5.95 Å². The molecule has 0 unspecified atom stereocenters. The lowest BCUT2D eigenvalue weighted by Gasteiger charge is -2.36. The van der Waals surface area contributed by atoms with Crippen LogP contribution in [0.2, 0.25) is 0 Å². The van der Waals surface area contributed by atoms with E-state index in [0.29, 0.717) is 6.04 Å². The van der Waals surface area contributed by atoms with Crippen molar-refractivity contribution in [3.8, 4) is 0 Å². The quantitative estimate of drug-likeness (QED) is 0.931. The lowest BCUT2D eigenvalue weighted by molar-refractivity contribution is 0.167. The SMILES string of the molecule is C[C@H](O)C[C@@H]1CCCCN1c1ncc(Br)cn1. The first-order chi connectivity index (χ1) is 8.16. The van der Waals surface area contributed by atoms with E-state index in [-0.39, 0.29) is 6.10 Å². The van der Waals surface area contributed by atoms with E-state index in [1.54, 1.807) is 12.4 Å². The first-order valence-electron chi connectivity index (χ1n) is 6.09. The molecule has 2 rings (SSSR count). The van der Waals surface area contributed by atoms with Crippen molar-refractivity contribution < 1.29 is 5.11 Å². The second-order valence-electron chi connectivity index (χ2n) is 4.63. The topological polar surface area (TPSA) is 49.2 Å². The summed E-state index contributed by atoms with van der Waals surface area (Å²) in [6.07, 6.45) is 7.59. The predicted molar refractivity (Wildman–Crippen MR) is 71.0 cm³/mol. The molecule has 2 atom stereocenters. The summed E-state index contributed by atoms with van der Waals surface area (Å²) in [5.41, 5.74) is 0. The average Bonchev–Trinajstić information content (AvgIpc) is 2.30. The first kappa shape index (κ1) is 12.8. The highest BCUT2D eigenvalue weighted by atomic mass is 79.9. The lowest BCUT2D eigenvalue weighted by atomic mass is 9.98. The van der Waals surface area contributed by atoms with Gasteiger partial charge in [0, 0.05) is 25.0 Å². The molecule has 0 spiro atoms. The van der Waals surface area contributed by atoms with Crippen molar-refractivity contribution in [1.29, 1.82) is 0 Å². The van der Waals surface area contributed by atoms with Gasteiger partial charge < -0.3 is 10.0 Å². The van der Waals surface area contributed by atoms with Crippen LogP contribution in [0.3, 0.4) is 0 Å². The molecule has 1 saturated heterocycles. The van der Waals surface area contributed by atoms with Gasteiger partial charge in [-0.15, -0.1) is 0 Å². The zero-order valence-electron chi connectivity index (χ0n) is 10.0. The van der Waals surface area contributed by atoms with Crippen LogP contribution in [0, 0.1) is 0 Å². The normalized spacial score (nSPS) is 22.5. The Morgan fingerprint density at radius 1 is 1.47 bits per heavy atom. The molecule has 0 aliphatic carbocycles. The highest BCUT2D eigenvalue weighted by Crippen LogP contribution is 2.24. The molecule has 1 aromatic rings. The van der Waals surface area contributed by atoms with Gasteiger partial charge in [0.05, 0.1) is 10.6 Å². The van der Waals surface area contributed by atoms with E-state index in [9.17, 15) is 5.11 Å². The molecule has 0 radical (unpaired) electrons. The van der Waals surface area contributed by atoms with Crippen LogP contribution in [0.25, 0.3) is 0 Å². The van der Waals surface area contributed by atoms with Crippen LogP contribution in [0.5, 0.6) is 0 Å². The second-order valence-corrected chi connectivity index (χ2v) is 5.54. The molecular formula is C12H18BrN3O. The van der Waals surface area contributed by atoms with Crippen LogP contribution in [0.1, 0.15) is 32.6 Å². The monoisotopic (exact) mass is 299 g/mol. The molecule has 17 heavy (non-hydrogen) atoms. The molecule has 1 fully saturated rings. The van der Waals surface area contributed by atoms with E-state index < -0.39 is 0 Å². The number of anilines is 1. The molecule has 2 heterocycles. The Balaban J connectivity index is 2.12. The van der Waals surface area contributed by atoms with E-state index in [2.05, 4.69) is 30.8 Å². The minimum atomic E-state index is -0.268. The smallest absolute Gasteiger partial charge is 0.225 e. The Bertz CT molecular complexity index is 355. The summed E-state index contributed by atoms with van der Waals surface area (Å²) in [7, 11) is 0. The summed E-state index contributed by atoms with van der Waals surface area (Å²) < 4.78 is 0.894. The van der Waals surface area contributed by atoms with Crippen molar-refractivity contribution in [3.05, 3.63) is 16.9 Å². The van der Waals surface area contributed by atoms with Crippen molar-refractivity contribution >= 4 is 21.9 Å². The Labute approximate surface area is 110 Å². The van der Waals surface area contributed by atoms with E-state index in [0.717, 1.165) is 29.8 Å². The fourth-order valence-electron chi connectivity index (χ4n) is 2.36. The van der Waals surface area contributed by atoms with Crippen molar-refractivity contribution in [2.24, 2.45) is 0 Å². The van der Waals surface area contributed by atoms with Gasteiger partial charge >= 0.3 is 0 Å². The fourth-order valence-corrected chi connectivity index (χ4v) is 2.56. The largest absolute Gasteiger partial charge is 0.393 e. The minimum Gasteiger partial charge on any atom is -0.393 e. The molecule has 5 heteroatoms. The molecule has 1 N–H and O–H groups in total. The van der Waals surface area contributed by atoms with Gasteiger partial charge in [0.15, 0.2) is 0 Å². The van der Waals surface area contributed by atoms with Crippen molar-refractivity contribution in [1.82, 2.24) is 9.97 Å². The Morgan fingerprint density at radius 2 is 2.18 bits per heavy atom. The van der Waals surface area contributed by atoms with E-state index in [1.807, 2.05) is 6.92 Å². The zero-order valence-corrected chi connectivity index (χ0v) is 11.6. The zero-order chi connectivity index (χ0) is 12.3. The number of halogens is 1. The van der Waals surface area contributed by atoms with E-state index in [4.69, 9.17) is 0 Å². The van der Waals surface area contributed by atoms with Crippen molar-refractivity contribution in [2.75, 3.05) is 11.4 Å². The minimum absolute atomic E-state index is 0.268. The summed E-state index contributed by atoms with van der Waals surface area (Å²) in [6, 6.07) is 0.366. The van der Waals surface area contributed by atoms with Gasteiger partial charge in [0.25, 0.3) is 0 Å². The molecule has 0 amide bonds. The van der Waals surface area contributed by atoms with Gasteiger partial charge in [0.1, 0.15) is 0 Å². The van der Waals surface area contributed by atoms with Crippen LogP contribution in [0.15, 0.2) is 16.9 Å². The van der Waals surface area contributed by atoms with Crippen LogP contribution in [-0.4, -0.2) is 33.8 Å². The second kappa shape index (κ2) is 5.78. The molecule has 1 aliphatic rings. The maximum atomic E-state index is 9.54. The van der Waals surface area contributed by atoms with Gasteiger partial charge in [-0.25, -0.2) is 9.97 Å². The number of aliphatic hydroxyl groups is 1. The van der Waals surface area contributed by atoms with Gasteiger partial charge in [-0.05, 0) is 48.5 Å². The number of piperidine rings is 1. The third kappa shape index (κ3) is 3.39. The number of rotatable bonds is 3. The van der Waals surface area contributed by atoms with Crippen LogP contribution >= 0.6 is 15.9 Å². The fraction of sp³-hybridized carbons (Fsp3) is 0.667. The van der Waals surface area contributed by atoms with Crippen molar-refractivity contribution in [3.63, 3.8) is 0 Å². The molecule has 0 aromatic carbocycles. The molecule has 0 bridgehead atoms. The molecule has 0 saturated carbocycles. The third-order valence-electron chi connectivity index (χ3n) is 3.10. The number of hydrogen-bond donors (Lipinski definition) is 1. The van der Waals surface area contributed by atoms with Crippen LogP contribution in [-0.2, 0) is 0 Å². The summed E-state index contributed by atoms with van der Waals surface area (Å²) in [4.78, 5) is 10.9. The number of hydrogen-bond acceptors (Lipinski definition) is 4. The van der Waals surface area contributed by atoms with Gasteiger partial charge in [0.2, 0.25) is 5.95 Å². The predicted octanol–water partition coefficient (Wildman–Crippen LogP) is 2.37. The van der Waals surface area contributed by atoms with Crippen molar-refractivity contribution in [2.45, 2.75) is 44.8 Å². The first-order valence-corrected chi connectivity index (χ1v) is 6.88. The summed E-state index contributed by atoms with van der Waals surface area (Å²) in [5.74, 6) is 0.776. The molecule has 1 aromatic heterocycles. The molecular weight excluding hydrogens is 282 g/mol. The van der Waals surface area contributed by atoms with Gasteiger partial charge in [-0.2, -0.15) is 0 Å². The molecule has 1 aliphatic heterocycles. The van der Waals surface area contributed by atoms with E-state index >= 15 is 0 Å². The average molecular weight is 300 g/mol. The molecule has 94 valence electrons. The standard InChI is InChI=1S/C12H18BrN3O/c1-9(17)6-11-4-2-3-5-16(11)12-14-7-10(13)8-15-12/h7-9,11,17H,2-6H2,1H3/t9-,11-/m0/s1. The highest BCUT2D eigenvalue weighted by molar-refractivity contribution is 9.10. The maximum Gasteiger partial charge on any atom is 0.225 e.